The molecule has 0 radical (unpaired) electrons. The normalized spacial score (nSPS) is 44.1. The molecule has 0 amide bonds. The summed E-state index contributed by atoms with van der Waals surface area (Å²) in [6.45, 7) is 5.12. The number of allylic oxidation sites excluding steroid dienone is 2. The van der Waals surface area contributed by atoms with Crippen LogP contribution in [0.3, 0.4) is 0 Å². The van der Waals surface area contributed by atoms with Gasteiger partial charge in [-0.1, -0.05) is 32.1 Å². The van der Waals surface area contributed by atoms with Crippen molar-refractivity contribution in [2.75, 3.05) is 0 Å². The molecule has 4 aliphatic rings. The van der Waals surface area contributed by atoms with Gasteiger partial charge in [-0.15, -0.1) is 0 Å². The Morgan fingerprint density at radius 2 is 1.90 bits per heavy atom. The smallest absolute Gasteiger partial charge is 0.100 e. The first-order valence-electron chi connectivity index (χ1n) is 11.8. The lowest BCUT2D eigenvalue weighted by Gasteiger charge is -2.60. The van der Waals surface area contributed by atoms with E-state index in [9.17, 15) is 5.11 Å². The van der Waals surface area contributed by atoms with Crippen molar-refractivity contribution in [3.8, 4) is 0 Å². The fraction of sp³-hybridized carbons (Fsp3) is 0.654. The van der Waals surface area contributed by atoms with Crippen LogP contribution in [0.5, 0.6) is 0 Å². The van der Waals surface area contributed by atoms with E-state index in [1.807, 2.05) is 0 Å². The third-order valence-electron chi connectivity index (χ3n) is 9.89. The molecule has 6 rings (SSSR count). The zero-order valence-electron chi connectivity index (χ0n) is 17.8. The molecule has 4 aliphatic carbocycles. The predicted octanol–water partition coefficient (Wildman–Crippen LogP) is 5.89. The Morgan fingerprint density at radius 1 is 1.03 bits per heavy atom. The van der Waals surface area contributed by atoms with Gasteiger partial charge in [0.15, 0.2) is 0 Å². The van der Waals surface area contributed by atoms with Gasteiger partial charge in [0.1, 0.15) is 6.33 Å². The quantitative estimate of drug-likeness (QED) is 0.659. The zero-order valence-corrected chi connectivity index (χ0v) is 17.8. The summed E-state index contributed by atoms with van der Waals surface area (Å²) in [6.07, 6.45) is 14.4. The van der Waals surface area contributed by atoms with E-state index in [0.717, 1.165) is 42.0 Å². The highest BCUT2D eigenvalue weighted by Gasteiger charge is 2.58. The number of para-hydroxylation sites is 2. The molecule has 1 N–H and O–H groups in total. The van der Waals surface area contributed by atoms with Gasteiger partial charge in [0.2, 0.25) is 0 Å². The lowest BCUT2D eigenvalue weighted by Crippen LogP contribution is -2.53. The van der Waals surface area contributed by atoms with Crippen molar-refractivity contribution in [3.05, 3.63) is 36.7 Å². The van der Waals surface area contributed by atoms with Gasteiger partial charge in [0.05, 0.1) is 17.1 Å². The highest BCUT2D eigenvalue weighted by molar-refractivity contribution is 5.80. The Morgan fingerprint density at radius 3 is 2.79 bits per heavy atom. The number of aromatic nitrogens is 2. The van der Waals surface area contributed by atoms with Gasteiger partial charge < -0.3 is 9.67 Å². The topological polar surface area (TPSA) is 38.0 Å². The van der Waals surface area contributed by atoms with E-state index in [2.05, 4.69) is 60.1 Å². The molecule has 7 atom stereocenters. The Bertz CT molecular complexity index is 976. The van der Waals surface area contributed by atoms with Crippen molar-refractivity contribution in [3.63, 3.8) is 0 Å². The molecule has 1 heterocycles. The van der Waals surface area contributed by atoms with Crippen molar-refractivity contribution >= 4 is 16.7 Å². The maximum atomic E-state index is 10.3. The number of fused-ring (bicyclic) bond motifs is 6. The SMILES string of the molecule is CC12CCC3C(CCC4CC(O)CCC43C)C1CC=C2n1cnc2ccccc21. The van der Waals surface area contributed by atoms with E-state index < -0.39 is 0 Å². The average molecular weight is 391 g/mol. The van der Waals surface area contributed by atoms with Gasteiger partial charge >= 0.3 is 0 Å². The molecule has 0 bridgehead atoms. The summed E-state index contributed by atoms with van der Waals surface area (Å²) in [4.78, 5) is 4.68. The fourth-order valence-corrected chi connectivity index (χ4v) is 8.30. The molecule has 154 valence electrons. The first kappa shape index (κ1) is 18.2. The van der Waals surface area contributed by atoms with E-state index in [0.29, 0.717) is 5.41 Å². The minimum absolute atomic E-state index is 0.0484. The first-order valence-corrected chi connectivity index (χ1v) is 11.8. The molecule has 3 saturated carbocycles. The molecule has 3 nitrogen and oxygen atoms in total. The van der Waals surface area contributed by atoms with Crippen LogP contribution in [-0.4, -0.2) is 20.8 Å². The lowest BCUT2D eigenvalue weighted by molar-refractivity contribution is -0.115. The standard InChI is InChI=1S/C26H34N2O/c1-25-13-11-18(29)15-17(25)7-8-19-20-9-10-24(26(20,2)14-12-21(19)25)28-16-27-22-5-3-4-6-23(22)28/h3-6,10,16-21,29H,7-9,11-15H2,1-2H3. The number of benzene rings is 1. The Balaban J connectivity index is 1.34. The summed E-state index contributed by atoms with van der Waals surface area (Å²) in [7, 11) is 0. The summed E-state index contributed by atoms with van der Waals surface area (Å²) in [5, 5.41) is 10.3. The van der Waals surface area contributed by atoms with Crippen molar-refractivity contribution in [1.82, 2.24) is 9.55 Å². The van der Waals surface area contributed by atoms with E-state index in [-0.39, 0.29) is 11.5 Å². The second kappa shape index (κ2) is 6.20. The largest absolute Gasteiger partial charge is 0.393 e. The van der Waals surface area contributed by atoms with Crippen LogP contribution in [0, 0.1) is 34.5 Å². The molecule has 2 aromatic rings. The number of aliphatic hydroxyl groups is 1. The molecule has 3 fully saturated rings. The van der Waals surface area contributed by atoms with E-state index >= 15 is 0 Å². The van der Waals surface area contributed by atoms with Crippen LogP contribution in [0.4, 0.5) is 0 Å². The number of hydrogen-bond donors (Lipinski definition) is 1. The highest BCUT2D eigenvalue weighted by atomic mass is 16.3. The lowest BCUT2D eigenvalue weighted by atomic mass is 9.45. The Labute approximate surface area is 174 Å². The molecule has 3 heteroatoms. The number of nitrogens with zero attached hydrogens (tertiary/aromatic N) is 2. The number of hydrogen-bond acceptors (Lipinski definition) is 2. The maximum absolute atomic E-state index is 10.3. The molecule has 0 aliphatic heterocycles. The van der Waals surface area contributed by atoms with E-state index in [1.54, 1.807) is 0 Å². The fourth-order valence-electron chi connectivity index (χ4n) is 8.30. The minimum atomic E-state index is -0.0484. The van der Waals surface area contributed by atoms with Crippen molar-refractivity contribution < 1.29 is 5.11 Å². The predicted molar refractivity (Wildman–Crippen MR) is 117 cm³/mol. The van der Waals surface area contributed by atoms with Gasteiger partial charge in [0, 0.05) is 11.1 Å². The summed E-state index contributed by atoms with van der Waals surface area (Å²) >= 11 is 0. The van der Waals surface area contributed by atoms with Gasteiger partial charge in [0.25, 0.3) is 0 Å². The third-order valence-corrected chi connectivity index (χ3v) is 9.89. The molecule has 1 aromatic carbocycles. The van der Waals surface area contributed by atoms with Gasteiger partial charge in [-0.05, 0) is 92.6 Å². The van der Waals surface area contributed by atoms with Gasteiger partial charge in [-0.3, -0.25) is 0 Å². The number of aliphatic hydroxyl groups excluding tert-OH is 1. The van der Waals surface area contributed by atoms with Crippen LogP contribution in [0.2, 0.25) is 0 Å². The second-order valence-corrected chi connectivity index (χ2v) is 11.0. The van der Waals surface area contributed by atoms with Crippen LogP contribution in [0.1, 0.15) is 65.2 Å². The molecule has 7 unspecified atom stereocenters. The average Bonchev–Trinajstić information content (AvgIpc) is 3.29. The summed E-state index contributed by atoms with van der Waals surface area (Å²) in [6, 6.07) is 8.55. The Kier molecular flexibility index (Phi) is 3.89. The van der Waals surface area contributed by atoms with Crippen molar-refractivity contribution in [2.45, 2.75) is 71.3 Å². The monoisotopic (exact) mass is 390 g/mol. The molecule has 1 aromatic heterocycles. The molecule has 0 saturated heterocycles. The van der Waals surface area contributed by atoms with E-state index in [1.165, 1.54) is 49.7 Å². The van der Waals surface area contributed by atoms with Crippen LogP contribution < -0.4 is 0 Å². The van der Waals surface area contributed by atoms with Crippen LogP contribution in [0.25, 0.3) is 16.7 Å². The van der Waals surface area contributed by atoms with Crippen LogP contribution in [-0.2, 0) is 0 Å². The Hall–Kier alpha value is -1.61. The second-order valence-electron chi connectivity index (χ2n) is 11.0. The van der Waals surface area contributed by atoms with Gasteiger partial charge in [-0.2, -0.15) is 0 Å². The zero-order chi connectivity index (χ0) is 19.8. The van der Waals surface area contributed by atoms with Crippen molar-refractivity contribution in [1.29, 1.82) is 0 Å². The maximum Gasteiger partial charge on any atom is 0.100 e. The van der Waals surface area contributed by atoms with E-state index in [4.69, 9.17) is 0 Å². The minimum Gasteiger partial charge on any atom is -0.393 e. The first-order chi connectivity index (χ1) is 14.0. The summed E-state index contributed by atoms with van der Waals surface area (Å²) in [5.74, 6) is 3.19. The number of rotatable bonds is 1. The van der Waals surface area contributed by atoms with Gasteiger partial charge in [-0.25, -0.2) is 4.98 Å². The van der Waals surface area contributed by atoms with Crippen LogP contribution in [0.15, 0.2) is 36.7 Å². The number of imidazole rings is 1. The molecular formula is C26H34N2O. The highest BCUT2D eigenvalue weighted by Crippen LogP contribution is 2.67. The summed E-state index contributed by atoms with van der Waals surface area (Å²) in [5.41, 5.74) is 4.57. The molecule has 0 spiro atoms. The third kappa shape index (κ3) is 2.43. The molecule has 29 heavy (non-hydrogen) atoms. The molecular weight excluding hydrogens is 356 g/mol. The van der Waals surface area contributed by atoms with Crippen LogP contribution >= 0.6 is 0 Å². The summed E-state index contributed by atoms with van der Waals surface area (Å²) < 4.78 is 2.39. The van der Waals surface area contributed by atoms with Crippen molar-refractivity contribution in [2.24, 2.45) is 34.5 Å².